The molecule has 0 aromatic heterocycles. The van der Waals surface area contributed by atoms with Gasteiger partial charge in [-0.15, -0.1) is 0 Å². The van der Waals surface area contributed by atoms with E-state index in [1.807, 2.05) is 9.80 Å². The van der Waals surface area contributed by atoms with Crippen molar-refractivity contribution in [1.82, 2.24) is 0 Å². The lowest BCUT2D eigenvalue weighted by molar-refractivity contribution is -0.384. The Morgan fingerprint density at radius 1 is 0.912 bits per heavy atom. The summed E-state index contributed by atoms with van der Waals surface area (Å²) >= 11 is 0. The number of hydrogen-bond donors (Lipinski definition) is 1. The Morgan fingerprint density at radius 3 is 2.06 bits per heavy atom. The van der Waals surface area contributed by atoms with Crippen molar-refractivity contribution >= 4 is 34.6 Å². The van der Waals surface area contributed by atoms with Gasteiger partial charge in [-0.1, -0.05) is 0 Å². The second-order valence-electron chi connectivity index (χ2n) is 7.84. The summed E-state index contributed by atoms with van der Waals surface area (Å²) in [5.74, 6) is -1.05. The Hall–Kier alpha value is -3.70. The molecule has 2 fully saturated rings. The number of rotatable bonds is 6. The van der Waals surface area contributed by atoms with Crippen LogP contribution in [-0.4, -0.2) is 76.5 Å². The van der Waals surface area contributed by atoms with E-state index in [0.29, 0.717) is 64.0 Å². The van der Waals surface area contributed by atoms with Gasteiger partial charge in [-0.2, -0.15) is 0 Å². The number of esters is 1. The van der Waals surface area contributed by atoms with Crippen molar-refractivity contribution in [3.05, 3.63) is 57.6 Å². The molecule has 0 atom stereocenters. The first-order valence-electron chi connectivity index (χ1n) is 11.0. The molecule has 2 aliphatic heterocycles. The highest BCUT2D eigenvalue weighted by atomic mass is 16.6. The van der Waals surface area contributed by atoms with Gasteiger partial charge in [0, 0.05) is 37.8 Å². The molecule has 1 amide bonds. The molecule has 2 aliphatic rings. The molecule has 0 radical (unpaired) electrons. The standard InChI is InChI=1S/C23H26N4O7/c1-32-23(29)17-3-4-19(25-6-10-33-11-7-25)18(14-17)24-22(28)16-2-5-20(21(15-16)27(30)31)26-8-12-34-13-9-26/h2-5,14-15H,6-13H2,1H3,(H,24,28). The number of ether oxygens (including phenoxy) is 3. The number of anilines is 3. The summed E-state index contributed by atoms with van der Waals surface area (Å²) in [6, 6.07) is 9.35. The minimum absolute atomic E-state index is 0.139. The Labute approximate surface area is 196 Å². The Bertz CT molecular complexity index is 1080. The topological polar surface area (TPSA) is 123 Å². The first kappa shape index (κ1) is 23.5. The number of benzene rings is 2. The highest BCUT2D eigenvalue weighted by Crippen LogP contribution is 2.32. The van der Waals surface area contributed by atoms with Gasteiger partial charge < -0.3 is 29.3 Å². The molecule has 0 bridgehead atoms. The quantitative estimate of drug-likeness (QED) is 0.385. The van der Waals surface area contributed by atoms with E-state index in [-0.39, 0.29) is 16.8 Å². The van der Waals surface area contributed by atoms with E-state index in [1.165, 1.54) is 13.2 Å². The van der Waals surface area contributed by atoms with Gasteiger partial charge in [-0.3, -0.25) is 14.9 Å². The van der Waals surface area contributed by atoms with Crippen LogP contribution < -0.4 is 15.1 Å². The van der Waals surface area contributed by atoms with Gasteiger partial charge in [0.25, 0.3) is 11.6 Å². The molecule has 180 valence electrons. The van der Waals surface area contributed by atoms with Crippen molar-refractivity contribution in [3.63, 3.8) is 0 Å². The molecule has 2 aromatic carbocycles. The third-order valence-corrected chi connectivity index (χ3v) is 5.80. The fraction of sp³-hybridized carbons (Fsp3) is 0.391. The molecule has 1 N–H and O–H groups in total. The highest BCUT2D eigenvalue weighted by Gasteiger charge is 2.24. The summed E-state index contributed by atoms with van der Waals surface area (Å²) in [7, 11) is 1.28. The summed E-state index contributed by atoms with van der Waals surface area (Å²) in [5, 5.41) is 14.6. The van der Waals surface area contributed by atoms with Crippen molar-refractivity contribution in [2.45, 2.75) is 0 Å². The van der Waals surface area contributed by atoms with Gasteiger partial charge >= 0.3 is 5.97 Å². The number of nitro groups is 1. The molecule has 11 heteroatoms. The van der Waals surface area contributed by atoms with Crippen LogP contribution in [-0.2, 0) is 14.2 Å². The van der Waals surface area contributed by atoms with E-state index < -0.39 is 16.8 Å². The van der Waals surface area contributed by atoms with E-state index in [0.717, 1.165) is 5.69 Å². The van der Waals surface area contributed by atoms with Crippen molar-refractivity contribution in [2.24, 2.45) is 0 Å². The van der Waals surface area contributed by atoms with Crippen LogP contribution in [0.2, 0.25) is 0 Å². The fourth-order valence-electron chi connectivity index (χ4n) is 4.04. The molecular formula is C23H26N4O7. The minimum Gasteiger partial charge on any atom is -0.465 e. The molecule has 0 unspecified atom stereocenters. The summed E-state index contributed by atoms with van der Waals surface area (Å²) in [4.78, 5) is 40.4. The monoisotopic (exact) mass is 470 g/mol. The summed E-state index contributed by atoms with van der Waals surface area (Å²) in [6.45, 7) is 4.38. The van der Waals surface area contributed by atoms with Crippen molar-refractivity contribution in [2.75, 3.05) is 74.8 Å². The molecule has 2 saturated heterocycles. The highest BCUT2D eigenvalue weighted by molar-refractivity contribution is 6.07. The first-order valence-corrected chi connectivity index (χ1v) is 11.0. The van der Waals surface area contributed by atoms with Gasteiger partial charge in [-0.05, 0) is 30.3 Å². The number of amides is 1. The normalized spacial score (nSPS) is 16.1. The van der Waals surface area contributed by atoms with E-state index in [1.54, 1.807) is 30.3 Å². The van der Waals surface area contributed by atoms with Crippen molar-refractivity contribution in [3.8, 4) is 0 Å². The third kappa shape index (κ3) is 5.10. The average molecular weight is 470 g/mol. The number of nitrogens with one attached hydrogen (secondary N) is 1. The smallest absolute Gasteiger partial charge is 0.337 e. The lowest BCUT2D eigenvalue weighted by Crippen LogP contribution is -2.37. The van der Waals surface area contributed by atoms with Crippen LogP contribution in [0.4, 0.5) is 22.7 Å². The number of methoxy groups -OCH3 is 1. The van der Waals surface area contributed by atoms with E-state index in [2.05, 4.69) is 5.32 Å². The van der Waals surface area contributed by atoms with Crippen LogP contribution in [0.3, 0.4) is 0 Å². The molecule has 4 rings (SSSR count). The summed E-state index contributed by atoms with van der Waals surface area (Å²) in [6.07, 6.45) is 0. The lowest BCUT2D eigenvalue weighted by Gasteiger charge is -2.30. The summed E-state index contributed by atoms with van der Waals surface area (Å²) < 4.78 is 15.5. The lowest BCUT2D eigenvalue weighted by atomic mass is 10.1. The number of carbonyl (C=O) groups excluding carboxylic acids is 2. The Kier molecular flexibility index (Phi) is 7.24. The Balaban J connectivity index is 1.64. The molecule has 0 spiro atoms. The molecule has 34 heavy (non-hydrogen) atoms. The average Bonchev–Trinajstić information content (AvgIpc) is 2.88. The van der Waals surface area contributed by atoms with Crippen LogP contribution >= 0.6 is 0 Å². The molecule has 0 aliphatic carbocycles. The number of nitro benzene ring substituents is 1. The van der Waals surface area contributed by atoms with Gasteiger partial charge in [0.2, 0.25) is 0 Å². The van der Waals surface area contributed by atoms with Crippen LogP contribution in [0.15, 0.2) is 36.4 Å². The number of nitrogens with zero attached hydrogens (tertiary/aromatic N) is 3. The van der Waals surface area contributed by atoms with Crippen LogP contribution in [0.5, 0.6) is 0 Å². The van der Waals surface area contributed by atoms with Crippen LogP contribution in [0, 0.1) is 10.1 Å². The second kappa shape index (κ2) is 10.5. The van der Waals surface area contributed by atoms with Gasteiger partial charge in [-0.25, -0.2) is 4.79 Å². The van der Waals surface area contributed by atoms with Crippen molar-refractivity contribution < 1.29 is 28.7 Å². The molecule has 0 saturated carbocycles. The fourth-order valence-corrected chi connectivity index (χ4v) is 4.04. The zero-order valence-electron chi connectivity index (χ0n) is 18.8. The molecule has 2 aromatic rings. The van der Waals surface area contributed by atoms with Gasteiger partial charge in [0.15, 0.2) is 0 Å². The Morgan fingerprint density at radius 2 is 1.47 bits per heavy atom. The van der Waals surface area contributed by atoms with Gasteiger partial charge in [0.05, 0.1) is 55.4 Å². The SMILES string of the molecule is COC(=O)c1ccc(N2CCOCC2)c(NC(=O)c2ccc(N3CCOCC3)c([N+](=O)[O-])c2)c1. The number of carbonyl (C=O) groups is 2. The van der Waals surface area contributed by atoms with Gasteiger partial charge in [0.1, 0.15) is 5.69 Å². The van der Waals surface area contributed by atoms with Crippen molar-refractivity contribution in [1.29, 1.82) is 0 Å². The summed E-state index contributed by atoms with van der Waals surface area (Å²) in [5.41, 5.74) is 1.86. The predicted molar refractivity (Wildman–Crippen MR) is 125 cm³/mol. The predicted octanol–water partition coefficient (Wildman–Crippen LogP) is 2.31. The van der Waals surface area contributed by atoms with E-state index in [4.69, 9.17) is 14.2 Å². The van der Waals surface area contributed by atoms with E-state index in [9.17, 15) is 19.7 Å². The zero-order chi connectivity index (χ0) is 24.1. The largest absolute Gasteiger partial charge is 0.465 e. The minimum atomic E-state index is -0.533. The molecule has 11 nitrogen and oxygen atoms in total. The maximum absolute atomic E-state index is 13.1. The first-order chi connectivity index (χ1) is 16.5. The van der Waals surface area contributed by atoms with E-state index >= 15 is 0 Å². The van der Waals surface area contributed by atoms with Crippen LogP contribution in [0.1, 0.15) is 20.7 Å². The zero-order valence-corrected chi connectivity index (χ0v) is 18.8. The number of hydrogen-bond acceptors (Lipinski definition) is 9. The number of morpholine rings is 2. The van der Waals surface area contributed by atoms with Crippen LogP contribution in [0.25, 0.3) is 0 Å². The third-order valence-electron chi connectivity index (χ3n) is 5.80. The second-order valence-corrected chi connectivity index (χ2v) is 7.84. The maximum atomic E-state index is 13.1. The molecular weight excluding hydrogens is 444 g/mol. The maximum Gasteiger partial charge on any atom is 0.337 e. The molecule has 2 heterocycles.